The third-order valence-corrected chi connectivity index (χ3v) is 1.83. The van der Waals surface area contributed by atoms with Crippen LogP contribution in [-0.2, 0) is 6.42 Å². The molecule has 1 rings (SSSR count). The van der Waals surface area contributed by atoms with Crippen molar-refractivity contribution >= 4 is 0 Å². The Morgan fingerprint density at radius 2 is 2.31 bits per heavy atom. The van der Waals surface area contributed by atoms with Crippen LogP contribution in [0.25, 0.3) is 0 Å². The average molecular weight is 234 g/mol. The van der Waals surface area contributed by atoms with Gasteiger partial charge in [-0.15, -0.1) is 0 Å². The van der Waals surface area contributed by atoms with E-state index in [0.717, 1.165) is 6.39 Å². The van der Waals surface area contributed by atoms with E-state index in [0.29, 0.717) is 12.2 Å². The highest BCUT2D eigenvalue weighted by Crippen LogP contribution is 2.24. The fourth-order valence-corrected chi connectivity index (χ4v) is 0.984. The number of alkyl halides is 3. The minimum absolute atomic E-state index is 0.258. The molecule has 1 N–H and O–H groups in total. The van der Waals surface area contributed by atoms with Crippen LogP contribution in [0.3, 0.4) is 0 Å². The Kier molecular flexibility index (Phi) is 4.25. The van der Waals surface area contributed by atoms with Crippen LogP contribution in [0.4, 0.5) is 13.2 Å². The van der Waals surface area contributed by atoms with Crippen molar-refractivity contribution in [2.75, 3.05) is 13.1 Å². The zero-order valence-electron chi connectivity index (χ0n) is 8.16. The molecule has 16 heavy (non-hydrogen) atoms. The van der Waals surface area contributed by atoms with Crippen molar-refractivity contribution in [1.29, 1.82) is 5.26 Å². The lowest BCUT2D eigenvalue weighted by atomic mass is 10.1. The first-order chi connectivity index (χ1) is 7.54. The molecule has 1 heterocycles. The van der Waals surface area contributed by atoms with Crippen molar-refractivity contribution < 1.29 is 17.7 Å². The number of hydrogen-bond donors (Lipinski definition) is 1. The molecule has 88 valence electrons. The van der Waals surface area contributed by atoms with E-state index in [1.807, 2.05) is 0 Å². The first-order valence-corrected chi connectivity index (χ1v) is 4.46. The first kappa shape index (κ1) is 12.4. The molecule has 5 nitrogen and oxygen atoms in total. The van der Waals surface area contributed by atoms with Crippen LogP contribution in [-0.4, -0.2) is 29.4 Å². The van der Waals surface area contributed by atoms with E-state index in [1.54, 1.807) is 0 Å². The zero-order chi connectivity index (χ0) is 12.0. The molecule has 8 heteroatoms. The van der Waals surface area contributed by atoms with Crippen LogP contribution in [0.5, 0.6) is 0 Å². The minimum atomic E-state index is -4.49. The van der Waals surface area contributed by atoms with Gasteiger partial charge in [-0.25, -0.2) is 0 Å². The fourth-order valence-electron chi connectivity index (χ4n) is 0.984. The monoisotopic (exact) mass is 234 g/mol. The molecule has 0 radical (unpaired) electrons. The fraction of sp³-hybridized carbons (Fsp3) is 0.625. The van der Waals surface area contributed by atoms with Gasteiger partial charge in [0.2, 0.25) is 6.39 Å². The molecule has 0 aliphatic heterocycles. The molecular formula is C8H9F3N4O. The molecule has 0 aliphatic rings. The smallest absolute Gasteiger partial charge is 0.343 e. The normalized spacial score (nSPS) is 13.4. The Labute approximate surface area is 89.2 Å². The van der Waals surface area contributed by atoms with Gasteiger partial charge in [-0.1, -0.05) is 5.16 Å². The van der Waals surface area contributed by atoms with Crippen molar-refractivity contribution in [3.8, 4) is 6.07 Å². The summed E-state index contributed by atoms with van der Waals surface area (Å²) >= 11 is 0. The molecule has 0 spiro atoms. The summed E-state index contributed by atoms with van der Waals surface area (Å²) in [7, 11) is 0. The standard InChI is InChI=1S/C8H9F3N4O/c9-8(10,11)6(3-12)4-13-2-1-7-14-5-16-15-7/h5-6,13H,1-2,4H2. The molecule has 0 aliphatic carbocycles. The van der Waals surface area contributed by atoms with Crippen LogP contribution in [0.15, 0.2) is 10.9 Å². The lowest BCUT2D eigenvalue weighted by Gasteiger charge is -2.13. The topological polar surface area (TPSA) is 74.7 Å². The number of aromatic nitrogens is 2. The predicted molar refractivity (Wildman–Crippen MR) is 46.0 cm³/mol. The molecule has 1 aromatic heterocycles. The van der Waals surface area contributed by atoms with E-state index in [2.05, 4.69) is 20.0 Å². The van der Waals surface area contributed by atoms with Crippen molar-refractivity contribution in [3.63, 3.8) is 0 Å². The first-order valence-electron chi connectivity index (χ1n) is 4.46. The Hall–Kier alpha value is -1.62. The largest absolute Gasteiger partial charge is 0.405 e. The van der Waals surface area contributed by atoms with Crippen molar-refractivity contribution in [2.45, 2.75) is 12.6 Å². The highest BCUT2D eigenvalue weighted by atomic mass is 19.4. The van der Waals surface area contributed by atoms with Crippen molar-refractivity contribution in [2.24, 2.45) is 5.92 Å². The molecule has 0 saturated carbocycles. The van der Waals surface area contributed by atoms with Gasteiger partial charge in [0.05, 0.1) is 6.07 Å². The Morgan fingerprint density at radius 3 is 2.81 bits per heavy atom. The van der Waals surface area contributed by atoms with Crippen LogP contribution in [0, 0.1) is 17.2 Å². The third-order valence-electron chi connectivity index (χ3n) is 1.83. The molecular weight excluding hydrogens is 225 g/mol. The summed E-state index contributed by atoms with van der Waals surface area (Å²) in [5.74, 6) is -1.58. The zero-order valence-corrected chi connectivity index (χ0v) is 8.16. The van der Waals surface area contributed by atoms with Gasteiger partial charge in [-0.05, 0) is 0 Å². The lowest BCUT2D eigenvalue weighted by molar-refractivity contribution is -0.157. The molecule has 0 bridgehead atoms. The number of hydrogen-bond acceptors (Lipinski definition) is 5. The predicted octanol–water partition coefficient (Wildman–Crippen LogP) is 0.904. The third kappa shape index (κ3) is 3.86. The molecule has 1 unspecified atom stereocenters. The number of nitrogens with zero attached hydrogens (tertiary/aromatic N) is 3. The molecule has 0 saturated heterocycles. The summed E-state index contributed by atoms with van der Waals surface area (Å²) in [6.07, 6.45) is -3.00. The maximum Gasteiger partial charge on any atom is 0.405 e. The van der Waals surface area contributed by atoms with Crippen molar-refractivity contribution in [1.82, 2.24) is 15.5 Å². The van der Waals surface area contributed by atoms with Crippen LogP contribution in [0.1, 0.15) is 5.82 Å². The van der Waals surface area contributed by atoms with Crippen LogP contribution >= 0.6 is 0 Å². The van der Waals surface area contributed by atoms with Gasteiger partial charge in [0.25, 0.3) is 0 Å². The summed E-state index contributed by atoms with van der Waals surface area (Å²) in [4.78, 5) is 3.70. The van der Waals surface area contributed by atoms with Gasteiger partial charge in [0.15, 0.2) is 11.7 Å². The summed E-state index contributed by atoms with van der Waals surface area (Å²) in [5.41, 5.74) is 0. The number of halogens is 3. The van der Waals surface area contributed by atoms with E-state index < -0.39 is 18.6 Å². The van der Waals surface area contributed by atoms with Gasteiger partial charge in [-0.2, -0.15) is 23.4 Å². The summed E-state index contributed by atoms with van der Waals surface area (Å²) in [6.45, 7) is -0.175. The SMILES string of the molecule is N#CC(CNCCc1ncon1)C(F)(F)F. The van der Waals surface area contributed by atoms with E-state index in [-0.39, 0.29) is 6.54 Å². The van der Waals surface area contributed by atoms with Gasteiger partial charge < -0.3 is 9.84 Å². The molecule has 0 fully saturated rings. The molecule has 1 atom stereocenters. The van der Waals surface area contributed by atoms with E-state index in [9.17, 15) is 13.2 Å². The van der Waals surface area contributed by atoms with Gasteiger partial charge in [0.1, 0.15) is 0 Å². The Morgan fingerprint density at radius 1 is 1.56 bits per heavy atom. The van der Waals surface area contributed by atoms with Crippen LogP contribution in [0.2, 0.25) is 0 Å². The highest BCUT2D eigenvalue weighted by molar-refractivity contribution is 4.90. The van der Waals surface area contributed by atoms with Crippen LogP contribution < -0.4 is 5.32 Å². The average Bonchev–Trinajstić information content (AvgIpc) is 2.68. The molecule has 1 aromatic rings. The van der Waals surface area contributed by atoms with Gasteiger partial charge in [0, 0.05) is 19.5 Å². The molecule has 0 aromatic carbocycles. The highest BCUT2D eigenvalue weighted by Gasteiger charge is 2.39. The van der Waals surface area contributed by atoms with E-state index in [1.165, 1.54) is 6.07 Å². The minimum Gasteiger partial charge on any atom is -0.343 e. The summed E-state index contributed by atoms with van der Waals surface area (Å²) in [5, 5.41) is 14.3. The van der Waals surface area contributed by atoms with Crippen molar-refractivity contribution in [3.05, 3.63) is 12.2 Å². The van der Waals surface area contributed by atoms with E-state index >= 15 is 0 Å². The number of rotatable bonds is 5. The maximum atomic E-state index is 12.1. The lowest BCUT2D eigenvalue weighted by Crippen LogP contribution is -2.33. The Balaban J connectivity index is 2.22. The molecule has 0 amide bonds. The van der Waals surface area contributed by atoms with E-state index in [4.69, 9.17) is 5.26 Å². The summed E-state index contributed by atoms with van der Waals surface area (Å²) in [6, 6.07) is 1.20. The number of nitriles is 1. The second kappa shape index (κ2) is 5.46. The quantitative estimate of drug-likeness (QED) is 0.766. The van der Waals surface area contributed by atoms with Gasteiger partial charge in [-0.3, -0.25) is 0 Å². The number of nitrogens with one attached hydrogen (secondary N) is 1. The maximum absolute atomic E-state index is 12.1. The second-order valence-corrected chi connectivity index (χ2v) is 3.02. The summed E-state index contributed by atoms with van der Waals surface area (Å²) < 4.78 is 40.8. The Bertz CT molecular complexity index is 343. The second-order valence-electron chi connectivity index (χ2n) is 3.02. The van der Waals surface area contributed by atoms with Gasteiger partial charge >= 0.3 is 6.18 Å².